The van der Waals surface area contributed by atoms with Gasteiger partial charge in [0.25, 0.3) is 0 Å². The van der Waals surface area contributed by atoms with E-state index in [4.69, 9.17) is 0 Å². The fraction of sp³-hybridized carbons (Fsp3) is 0.556. The van der Waals surface area contributed by atoms with E-state index in [0.29, 0.717) is 5.69 Å². The van der Waals surface area contributed by atoms with Crippen LogP contribution in [0.15, 0.2) is 0 Å². The average molecular weight is 198 g/mol. The van der Waals surface area contributed by atoms with E-state index in [9.17, 15) is 9.18 Å². The monoisotopic (exact) mass is 198 g/mol. The third-order valence-corrected chi connectivity index (χ3v) is 2.19. The number of H-pyrrole nitrogens is 1. The van der Waals surface area contributed by atoms with E-state index in [1.165, 1.54) is 0 Å². The maximum atomic E-state index is 13.5. The van der Waals surface area contributed by atoms with Crippen LogP contribution in [0.5, 0.6) is 0 Å². The van der Waals surface area contributed by atoms with Crippen molar-refractivity contribution in [2.24, 2.45) is 0 Å². The summed E-state index contributed by atoms with van der Waals surface area (Å²) in [4.78, 5) is 11.2. The summed E-state index contributed by atoms with van der Waals surface area (Å²) in [7, 11) is 0. The molecule has 0 aromatic carbocycles. The number of nitrogens with one attached hydrogen (secondary N) is 1. The van der Waals surface area contributed by atoms with Crippen LogP contribution in [-0.2, 0) is 4.74 Å². The Morgan fingerprint density at radius 1 is 1.71 bits per heavy atom. The van der Waals surface area contributed by atoms with Crippen LogP contribution in [0.1, 0.15) is 41.9 Å². The molecule has 14 heavy (non-hydrogen) atoms. The van der Waals surface area contributed by atoms with E-state index >= 15 is 0 Å². The Balaban J connectivity index is 2.21. The number of aromatic amines is 1. The average Bonchev–Trinajstić information content (AvgIpc) is 2.91. The second-order valence-electron chi connectivity index (χ2n) is 3.29. The zero-order valence-electron chi connectivity index (χ0n) is 7.84. The molecular weight excluding hydrogens is 187 g/mol. The number of rotatable bonds is 3. The zero-order chi connectivity index (χ0) is 10.1. The van der Waals surface area contributed by atoms with Crippen LogP contribution in [0.3, 0.4) is 0 Å². The van der Waals surface area contributed by atoms with E-state index in [2.05, 4.69) is 14.9 Å². The Morgan fingerprint density at radius 2 is 2.43 bits per heavy atom. The molecule has 0 atom stereocenters. The highest BCUT2D eigenvalue weighted by atomic mass is 19.1. The van der Waals surface area contributed by atoms with Crippen molar-refractivity contribution in [3.05, 3.63) is 17.2 Å². The third-order valence-electron chi connectivity index (χ3n) is 2.19. The Hall–Kier alpha value is -1.39. The summed E-state index contributed by atoms with van der Waals surface area (Å²) in [6.07, 6.45) is 1.92. The number of aromatic nitrogens is 2. The SMILES string of the molecule is CCOC(=O)c1n[nH]c(C2CC2)c1F. The first-order valence-electron chi connectivity index (χ1n) is 4.65. The molecule has 76 valence electrons. The van der Waals surface area contributed by atoms with E-state index in [-0.39, 0.29) is 18.2 Å². The van der Waals surface area contributed by atoms with Gasteiger partial charge in [-0.2, -0.15) is 5.10 Å². The largest absolute Gasteiger partial charge is 0.461 e. The maximum absolute atomic E-state index is 13.5. The lowest BCUT2D eigenvalue weighted by Gasteiger charge is -1.96. The van der Waals surface area contributed by atoms with E-state index in [1.807, 2.05) is 0 Å². The number of ether oxygens (including phenoxy) is 1. The van der Waals surface area contributed by atoms with Gasteiger partial charge in [0.2, 0.25) is 5.69 Å². The first-order chi connectivity index (χ1) is 6.74. The highest BCUT2D eigenvalue weighted by Crippen LogP contribution is 2.40. The van der Waals surface area contributed by atoms with Crippen LogP contribution in [0, 0.1) is 5.82 Å². The molecule has 1 heterocycles. The lowest BCUT2D eigenvalue weighted by atomic mass is 10.2. The molecule has 1 aromatic rings. The normalized spacial score (nSPS) is 15.6. The van der Waals surface area contributed by atoms with Gasteiger partial charge >= 0.3 is 5.97 Å². The fourth-order valence-electron chi connectivity index (χ4n) is 1.32. The molecule has 0 amide bonds. The van der Waals surface area contributed by atoms with Gasteiger partial charge in [-0.15, -0.1) is 0 Å². The second kappa shape index (κ2) is 3.40. The van der Waals surface area contributed by atoms with Crippen molar-refractivity contribution in [3.8, 4) is 0 Å². The van der Waals surface area contributed by atoms with Crippen molar-refractivity contribution in [1.82, 2.24) is 10.2 Å². The van der Waals surface area contributed by atoms with Gasteiger partial charge in [-0.3, -0.25) is 5.10 Å². The minimum absolute atomic E-state index is 0.214. The molecule has 0 radical (unpaired) electrons. The highest BCUT2D eigenvalue weighted by molar-refractivity contribution is 5.87. The molecule has 0 unspecified atom stereocenters. The van der Waals surface area contributed by atoms with Gasteiger partial charge in [-0.25, -0.2) is 9.18 Å². The van der Waals surface area contributed by atoms with Gasteiger partial charge in [0.15, 0.2) is 5.82 Å². The summed E-state index contributed by atoms with van der Waals surface area (Å²) in [5, 5.41) is 6.17. The van der Waals surface area contributed by atoms with Crippen LogP contribution in [-0.4, -0.2) is 22.8 Å². The number of carbonyl (C=O) groups is 1. The summed E-state index contributed by atoms with van der Waals surface area (Å²) in [5.74, 6) is -1.04. The molecule has 1 aromatic heterocycles. The molecule has 0 bridgehead atoms. The van der Waals surface area contributed by atoms with Crippen LogP contribution in [0.4, 0.5) is 4.39 Å². The van der Waals surface area contributed by atoms with E-state index in [0.717, 1.165) is 12.8 Å². The van der Waals surface area contributed by atoms with Gasteiger partial charge in [0.05, 0.1) is 12.3 Å². The van der Waals surface area contributed by atoms with Gasteiger partial charge in [0.1, 0.15) is 0 Å². The Morgan fingerprint density at radius 3 is 3.00 bits per heavy atom. The summed E-state index contributed by atoms with van der Waals surface area (Å²) >= 11 is 0. The fourth-order valence-corrected chi connectivity index (χ4v) is 1.32. The number of hydrogen-bond acceptors (Lipinski definition) is 3. The molecule has 1 fully saturated rings. The van der Waals surface area contributed by atoms with Crippen molar-refractivity contribution < 1.29 is 13.9 Å². The molecule has 1 aliphatic carbocycles. The topological polar surface area (TPSA) is 55.0 Å². The number of carbonyl (C=O) groups excluding carboxylic acids is 1. The lowest BCUT2D eigenvalue weighted by Crippen LogP contribution is -2.07. The lowest BCUT2D eigenvalue weighted by molar-refractivity contribution is 0.0514. The summed E-state index contributed by atoms with van der Waals surface area (Å²) in [5.41, 5.74) is 0.210. The Kier molecular flexibility index (Phi) is 2.23. The van der Waals surface area contributed by atoms with Gasteiger partial charge < -0.3 is 4.74 Å². The summed E-state index contributed by atoms with van der Waals surface area (Å²) in [6, 6.07) is 0. The molecule has 1 N–H and O–H groups in total. The van der Waals surface area contributed by atoms with Gasteiger partial charge in [-0.05, 0) is 19.8 Å². The zero-order valence-corrected chi connectivity index (χ0v) is 7.84. The summed E-state index contributed by atoms with van der Waals surface area (Å²) in [6.45, 7) is 1.90. The molecule has 0 saturated heterocycles. The van der Waals surface area contributed by atoms with Crippen molar-refractivity contribution in [2.75, 3.05) is 6.61 Å². The van der Waals surface area contributed by atoms with Gasteiger partial charge in [-0.1, -0.05) is 0 Å². The Labute approximate surface area is 80.5 Å². The quantitative estimate of drug-likeness (QED) is 0.750. The van der Waals surface area contributed by atoms with Crippen LogP contribution < -0.4 is 0 Å². The van der Waals surface area contributed by atoms with E-state index in [1.54, 1.807) is 6.92 Å². The number of esters is 1. The number of nitrogens with zero attached hydrogens (tertiary/aromatic N) is 1. The minimum Gasteiger partial charge on any atom is -0.461 e. The molecular formula is C9H11FN2O2. The molecule has 5 heteroatoms. The second-order valence-corrected chi connectivity index (χ2v) is 3.29. The number of hydrogen-bond donors (Lipinski definition) is 1. The highest BCUT2D eigenvalue weighted by Gasteiger charge is 2.32. The predicted octanol–water partition coefficient (Wildman–Crippen LogP) is 1.60. The first kappa shape index (κ1) is 9.18. The molecule has 4 nitrogen and oxygen atoms in total. The van der Waals surface area contributed by atoms with Crippen LogP contribution >= 0.6 is 0 Å². The molecule has 2 rings (SSSR count). The predicted molar refractivity (Wildman–Crippen MR) is 46.5 cm³/mol. The van der Waals surface area contributed by atoms with Crippen molar-refractivity contribution in [1.29, 1.82) is 0 Å². The van der Waals surface area contributed by atoms with Crippen molar-refractivity contribution in [3.63, 3.8) is 0 Å². The van der Waals surface area contributed by atoms with Crippen molar-refractivity contribution in [2.45, 2.75) is 25.7 Å². The smallest absolute Gasteiger partial charge is 0.361 e. The first-order valence-corrected chi connectivity index (χ1v) is 4.65. The summed E-state index contributed by atoms with van der Waals surface area (Å²) < 4.78 is 18.2. The van der Waals surface area contributed by atoms with Gasteiger partial charge in [0, 0.05) is 5.92 Å². The van der Waals surface area contributed by atoms with Crippen LogP contribution in [0.2, 0.25) is 0 Å². The third kappa shape index (κ3) is 1.49. The molecule has 1 saturated carbocycles. The molecule has 1 aliphatic rings. The minimum atomic E-state index is -0.701. The van der Waals surface area contributed by atoms with Crippen LogP contribution in [0.25, 0.3) is 0 Å². The standard InChI is InChI=1S/C9H11FN2O2/c1-2-14-9(13)8-6(10)7(11-12-8)5-3-4-5/h5H,2-4H2,1H3,(H,11,12). The van der Waals surface area contributed by atoms with Crippen molar-refractivity contribution >= 4 is 5.97 Å². The van der Waals surface area contributed by atoms with E-state index < -0.39 is 11.8 Å². The molecule has 0 spiro atoms. The Bertz CT molecular complexity index is 358. The number of halogens is 1. The molecule has 0 aliphatic heterocycles. The maximum Gasteiger partial charge on any atom is 0.361 e.